The van der Waals surface area contributed by atoms with Crippen LogP contribution in [0.25, 0.3) is 11.6 Å². The second-order valence-corrected chi connectivity index (χ2v) is 6.27. The molecule has 24 heavy (non-hydrogen) atoms. The Bertz CT molecular complexity index is 845. The average molecular weight is 336 g/mol. The lowest BCUT2D eigenvalue weighted by Gasteiger charge is -2.06. The number of aliphatic carboxylic acids is 1. The SMILES string of the molecule is Cc1ccc(Oc2ccc(/C=C(\C(=O)O)c3cccs3)cc2)cc1. The van der Waals surface area contributed by atoms with Crippen molar-refractivity contribution >= 4 is 29.0 Å². The van der Waals surface area contributed by atoms with Gasteiger partial charge in [0.05, 0.1) is 5.57 Å². The molecule has 0 unspecified atom stereocenters. The second-order valence-electron chi connectivity index (χ2n) is 5.32. The first-order chi connectivity index (χ1) is 11.6. The Hall–Kier alpha value is -2.85. The number of hydrogen-bond acceptors (Lipinski definition) is 3. The Morgan fingerprint density at radius 1 is 1.00 bits per heavy atom. The molecular formula is C20H16O3S. The van der Waals surface area contributed by atoms with Crippen molar-refractivity contribution < 1.29 is 14.6 Å². The van der Waals surface area contributed by atoms with Crippen molar-refractivity contribution in [2.45, 2.75) is 6.92 Å². The van der Waals surface area contributed by atoms with E-state index in [2.05, 4.69) is 0 Å². The largest absolute Gasteiger partial charge is 0.478 e. The molecule has 1 aromatic heterocycles. The topological polar surface area (TPSA) is 46.5 Å². The summed E-state index contributed by atoms with van der Waals surface area (Å²) in [5.74, 6) is 0.551. The first kappa shape index (κ1) is 16.0. The summed E-state index contributed by atoms with van der Waals surface area (Å²) in [6, 6.07) is 18.8. The van der Waals surface area contributed by atoms with Crippen LogP contribution in [0.1, 0.15) is 16.0 Å². The molecule has 0 atom stereocenters. The van der Waals surface area contributed by atoms with Gasteiger partial charge in [0.25, 0.3) is 0 Å². The number of ether oxygens (including phenoxy) is 1. The molecule has 3 nitrogen and oxygen atoms in total. The summed E-state index contributed by atoms with van der Waals surface area (Å²) in [4.78, 5) is 12.2. The molecule has 1 heterocycles. The van der Waals surface area contributed by atoms with E-state index in [0.717, 1.165) is 16.2 Å². The fraction of sp³-hybridized carbons (Fsp3) is 0.0500. The van der Waals surface area contributed by atoms with Gasteiger partial charge in [-0.05, 0) is 54.3 Å². The van der Waals surface area contributed by atoms with Crippen LogP contribution in [0.2, 0.25) is 0 Å². The fourth-order valence-electron chi connectivity index (χ4n) is 2.21. The van der Waals surface area contributed by atoms with E-state index in [1.807, 2.05) is 66.9 Å². The van der Waals surface area contributed by atoms with Crippen molar-refractivity contribution in [1.82, 2.24) is 0 Å². The lowest BCUT2D eigenvalue weighted by molar-refractivity contribution is -0.130. The maximum absolute atomic E-state index is 11.5. The lowest BCUT2D eigenvalue weighted by atomic mass is 10.1. The maximum atomic E-state index is 11.5. The van der Waals surface area contributed by atoms with Gasteiger partial charge in [-0.2, -0.15) is 0 Å². The molecule has 1 N–H and O–H groups in total. The molecule has 0 aliphatic rings. The molecule has 3 rings (SSSR count). The van der Waals surface area contributed by atoms with Crippen LogP contribution >= 0.6 is 11.3 Å². The molecule has 0 fully saturated rings. The molecule has 0 saturated carbocycles. The third-order valence-corrected chi connectivity index (χ3v) is 4.37. The summed E-state index contributed by atoms with van der Waals surface area (Å²) in [6.45, 7) is 2.03. The van der Waals surface area contributed by atoms with Gasteiger partial charge in [0.2, 0.25) is 0 Å². The number of aryl methyl sites for hydroxylation is 1. The molecule has 0 bridgehead atoms. The number of carbonyl (C=O) groups is 1. The van der Waals surface area contributed by atoms with Crippen molar-refractivity contribution in [2.75, 3.05) is 0 Å². The molecule has 0 spiro atoms. The van der Waals surface area contributed by atoms with Gasteiger partial charge in [-0.15, -0.1) is 11.3 Å². The van der Waals surface area contributed by atoms with Crippen LogP contribution in [0, 0.1) is 6.92 Å². The van der Waals surface area contributed by atoms with E-state index in [4.69, 9.17) is 4.74 Å². The average Bonchev–Trinajstić information content (AvgIpc) is 3.10. The molecular weight excluding hydrogens is 320 g/mol. The van der Waals surface area contributed by atoms with E-state index >= 15 is 0 Å². The van der Waals surface area contributed by atoms with Gasteiger partial charge >= 0.3 is 5.97 Å². The summed E-state index contributed by atoms with van der Waals surface area (Å²) >= 11 is 1.41. The monoisotopic (exact) mass is 336 g/mol. The zero-order chi connectivity index (χ0) is 16.9. The van der Waals surface area contributed by atoms with E-state index in [0.29, 0.717) is 5.75 Å². The minimum Gasteiger partial charge on any atom is -0.478 e. The quantitative estimate of drug-likeness (QED) is 0.628. The normalized spacial score (nSPS) is 11.3. The van der Waals surface area contributed by atoms with Gasteiger partial charge in [0, 0.05) is 4.88 Å². The van der Waals surface area contributed by atoms with Crippen molar-refractivity contribution in [3.8, 4) is 11.5 Å². The van der Waals surface area contributed by atoms with Gasteiger partial charge in [0.15, 0.2) is 0 Å². The van der Waals surface area contributed by atoms with E-state index in [-0.39, 0.29) is 5.57 Å². The molecule has 3 aromatic rings. The van der Waals surface area contributed by atoms with Gasteiger partial charge in [-0.3, -0.25) is 0 Å². The minimum absolute atomic E-state index is 0.289. The summed E-state index contributed by atoms with van der Waals surface area (Å²) in [7, 11) is 0. The summed E-state index contributed by atoms with van der Waals surface area (Å²) in [6.07, 6.45) is 1.67. The zero-order valence-electron chi connectivity index (χ0n) is 13.1. The Labute approximate surface area is 144 Å². The molecule has 4 heteroatoms. The van der Waals surface area contributed by atoms with E-state index in [9.17, 15) is 9.90 Å². The molecule has 0 radical (unpaired) electrons. The van der Waals surface area contributed by atoms with Crippen LogP contribution in [0.3, 0.4) is 0 Å². The van der Waals surface area contributed by atoms with Crippen molar-refractivity contribution in [2.24, 2.45) is 0 Å². The lowest BCUT2D eigenvalue weighted by Crippen LogP contribution is -1.97. The maximum Gasteiger partial charge on any atom is 0.337 e. The van der Waals surface area contributed by atoms with Gasteiger partial charge in [0.1, 0.15) is 11.5 Å². The number of carboxylic acids is 1. The molecule has 0 aliphatic heterocycles. The van der Waals surface area contributed by atoms with Crippen LogP contribution in [0.5, 0.6) is 11.5 Å². The van der Waals surface area contributed by atoms with Crippen LogP contribution < -0.4 is 4.74 Å². The summed E-state index contributed by atoms with van der Waals surface area (Å²) in [5, 5.41) is 11.3. The zero-order valence-corrected chi connectivity index (χ0v) is 13.9. The Kier molecular flexibility index (Phi) is 4.77. The molecule has 120 valence electrons. The third-order valence-electron chi connectivity index (χ3n) is 3.46. The van der Waals surface area contributed by atoms with E-state index < -0.39 is 5.97 Å². The Balaban J connectivity index is 1.79. The second kappa shape index (κ2) is 7.15. The number of benzene rings is 2. The highest BCUT2D eigenvalue weighted by Crippen LogP contribution is 2.26. The van der Waals surface area contributed by atoms with Gasteiger partial charge < -0.3 is 9.84 Å². The molecule has 0 saturated heterocycles. The summed E-state index contributed by atoms with van der Waals surface area (Å²) < 4.78 is 5.78. The number of thiophene rings is 1. The van der Waals surface area contributed by atoms with Crippen LogP contribution in [-0.4, -0.2) is 11.1 Å². The molecule has 2 aromatic carbocycles. The first-order valence-electron chi connectivity index (χ1n) is 7.45. The highest BCUT2D eigenvalue weighted by atomic mass is 32.1. The van der Waals surface area contributed by atoms with Crippen molar-refractivity contribution in [1.29, 1.82) is 0 Å². The van der Waals surface area contributed by atoms with E-state index in [1.54, 1.807) is 12.1 Å². The minimum atomic E-state index is -0.933. The van der Waals surface area contributed by atoms with Crippen molar-refractivity contribution in [3.05, 3.63) is 82.0 Å². The molecule has 0 amide bonds. The number of carboxylic acid groups (broad SMARTS) is 1. The van der Waals surface area contributed by atoms with Crippen LogP contribution in [0.15, 0.2) is 66.0 Å². The predicted octanol–water partition coefficient (Wildman–Crippen LogP) is 5.47. The summed E-state index contributed by atoms with van der Waals surface area (Å²) in [5.41, 5.74) is 2.28. The highest BCUT2D eigenvalue weighted by Gasteiger charge is 2.11. The molecule has 0 aliphatic carbocycles. The third kappa shape index (κ3) is 3.91. The first-order valence-corrected chi connectivity index (χ1v) is 8.33. The van der Waals surface area contributed by atoms with Crippen molar-refractivity contribution in [3.63, 3.8) is 0 Å². The van der Waals surface area contributed by atoms with Gasteiger partial charge in [-0.1, -0.05) is 35.9 Å². The van der Waals surface area contributed by atoms with Crippen LogP contribution in [0.4, 0.5) is 0 Å². The highest BCUT2D eigenvalue weighted by molar-refractivity contribution is 7.11. The number of rotatable bonds is 5. The van der Waals surface area contributed by atoms with Crippen LogP contribution in [-0.2, 0) is 4.79 Å². The predicted molar refractivity (Wildman–Crippen MR) is 97.5 cm³/mol. The Morgan fingerprint density at radius 3 is 2.17 bits per heavy atom. The standard InChI is InChI=1S/C20H16O3S/c1-14-4-8-16(9-5-14)23-17-10-6-15(7-11-17)13-18(20(21)22)19-3-2-12-24-19/h2-13H,1H3,(H,21,22)/b18-13-. The fourth-order valence-corrected chi connectivity index (χ4v) is 2.95. The smallest absolute Gasteiger partial charge is 0.337 e. The Morgan fingerprint density at radius 2 is 1.62 bits per heavy atom. The van der Waals surface area contributed by atoms with Gasteiger partial charge in [-0.25, -0.2) is 4.79 Å². The van der Waals surface area contributed by atoms with E-state index in [1.165, 1.54) is 16.9 Å². The number of hydrogen-bond donors (Lipinski definition) is 1.